The fourth-order valence-corrected chi connectivity index (χ4v) is 2.13. The Morgan fingerprint density at radius 2 is 1.50 bits per heavy atom. The van der Waals surface area contributed by atoms with Crippen molar-refractivity contribution in [1.82, 2.24) is 0 Å². The molecule has 0 atom stereocenters. The monoisotopic (exact) mass is 340 g/mol. The molecule has 0 spiro atoms. The van der Waals surface area contributed by atoms with Gasteiger partial charge < -0.3 is 4.74 Å². The van der Waals surface area contributed by atoms with E-state index in [0.717, 1.165) is 18.4 Å². The fourth-order valence-electron chi connectivity index (χ4n) is 1.66. The lowest BCUT2D eigenvalue weighted by Gasteiger charge is -2.08. The summed E-state index contributed by atoms with van der Waals surface area (Å²) in [6, 6.07) is 9.68. The third-order valence-corrected chi connectivity index (χ3v) is 3.86. The number of alkyl halides is 3. The lowest BCUT2D eigenvalue weighted by Crippen LogP contribution is -2.25. The van der Waals surface area contributed by atoms with E-state index in [0.29, 0.717) is 19.6 Å². The van der Waals surface area contributed by atoms with Crippen LogP contribution in [0, 0.1) is 0 Å². The Balaban J connectivity index is 1.98. The molecule has 8 heteroatoms. The van der Waals surface area contributed by atoms with Gasteiger partial charge in [0, 0.05) is 6.61 Å². The van der Waals surface area contributed by atoms with Gasteiger partial charge in [0.05, 0.1) is 13.2 Å². The van der Waals surface area contributed by atoms with Crippen molar-refractivity contribution in [3.63, 3.8) is 0 Å². The van der Waals surface area contributed by atoms with E-state index in [1.807, 2.05) is 30.3 Å². The summed E-state index contributed by atoms with van der Waals surface area (Å²) in [5, 5.41) is 0. The van der Waals surface area contributed by atoms with Crippen molar-refractivity contribution in [2.45, 2.75) is 37.8 Å². The summed E-state index contributed by atoms with van der Waals surface area (Å²) >= 11 is 0. The first-order valence-electron chi connectivity index (χ1n) is 6.90. The number of ether oxygens (including phenoxy) is 1. The summed E-state index contributed by atoms with van der Waals surface area (Å²) in [4.78, 5) is 0. The smallest absolute Gasteiger partial charge is 0.377 e. The van der Waals surface area contributed by atoms with Crippen LogP contribution in [0.25, 0.3) is 0 Å². The maximum absolute atomic E-state index is 12.0. The van der Waals surface area contributed by atoms with E-state index >= 15 is 0 Å². The Labute approximate surface area is 128 Å². The molecule has 0 aliphatic rings. The minimum absolute atomic E-state index is 0.258. The molecule has 0 N–H and O–H groups in total. The topological polar surface area (TPSA) is 52.6 Å². The molecule has 1 aromatic rings. The Bertz CT molecular complexity index is 515. The second-order valence-corrected chi connectivity index (χ2v) is 6.28. The van der Waals surface area contributed by atoms with E-state index in [9.17, 15) is 21.6 Å². The summed E-state index contributed by atoms with van der Waals surface area (Å²) < 4.78 is 66.4. The van der Waals surface area contributed by atoms with Gasteiger partial charge in [-0.2, -0.15) is 21.6 Å². The maximum atomic E-state index is 12.0. The van der Waals surface area contributed by atoms with Gasteiger partial charge in [-0.3, -0.25) is 4.18 Å². The van der Waals surface area contributed by atoms with Crippen molar-refractivity contribution in [1.29, 1.82) is 0 Å². The van der Waals surface area contributed by atoms with E-state index in [-0.39, 0.29) is 6.42 Å². The summed E-state index contributed by atoms with van der Waals surface area (Å²) in [6.45, 7) is 0.622. The molecule has 126 valence electrons. The minimum atomic E-state index is -5.45. The van der Waals surface area contributed by atoms with Crippen LogP contribution in [0.3, 0.4) is 0 Å². The second kappa shape index (κ2) is 9.12. The molecule has 4 nitrogen and oxygen atoms in total. The first-order valence-corrected chi connectivity index (χ1v) is 8.31. The molecular weight excluding hydrogens is 321 g/mol. The highest BCUT2D eigenvalue weighted by Gasteiger charge is 2.47. The quantitative estimate of drug-likeness (QED) is 0.371. The molecule has 0 saturated carbocycles. The van der Waals surface area contributed by atoms with Gasteiger partial charge in [-0.05, 0) is 18.4 Å². The Kier molecular flexibility index (Phi) is 7.84. The van der Waals surface area contributed by atoms with Gasteiger partial charge in [0.2, 0.25) is 0 Å². The molecule has 0 aliphatic carbocycles. The molecule has 0 unspecified atom stereocenters. The maximum Gasteiger partial charge on any atom is 0.523 e. The number of unbranched alkanes of at least 4 members (excludes halogenated alkanes) is 3. The van der Waals surface area contributed by atoms with Gasteiger partial charge in [-0.25, -0.2) is 0 Å². The molecule has 0 radical (unpaired) electrons. The highest BCUT2D eigenvalue weighted by molar-refractivity contribution is 7.87. The summed E-state index contributed by atoms with van der Waals surface area (Å²) in [5.74, 6) is 0. The van der Waals surface area contributed by atoms with Crippen LogP contribution >= 0.6 is 0 Å². The van der Waals surface area contributed by atoms with Gasteiger partial charge in [-0.1, -0.05) is 43.2 Å². The molecule has 0 aromatic heterocycles. The number of benzene rings is 1. The predicted molar refractivity (Wildman–Crippen MR) is 75.5 cm³/mol. The molecule has 1 aromatic carbocycles. The molecule has 0 saturated heterocycles. The largest absolute Gasteiger partial charge is 0.523 e. The molecule has 0 fully saturated rings. The summed E-state index contributed by atoms with van der Waals surface area (Å²) in [6.07, 6.45) is 2.35. The summed E-state index contributed by atoms with van der Waals surface area (Å²) in [7, 11) is -5.45. The van der Waals surface area contributed by atoms with E-state index in [1.165, 1.54) is 0 Å². The highest BCUT2D eigenvalue weighted by Crippen LogP contribution is 2.24. The van der Waals surface area contributed by atoms with E-state index in [1.54, 1.807) is 0 Å². The first kappa shape index (κ1) is 18.9. The molecule has 0 bridgehead atoms. The lowest BCUT2D eigenvalue weighted by molar-refractivity contribution is -0.0542. The molecule has 22 heavy (non-hydrogen) atoms. The number of hydrogen-bond donors (Lipinski definition) is 0. The Hall–Kier alpha value is -1.12. The van der Waals surface area contributed by atoms with E-state index in [2.05, 4.69) is 4.18 Å². The SMILES string of the molecule is O=S(=O)(OCCCCCCOCc1ccccc1)C(F)(F)F. The van der Waals surface area contributed by atoms with Crippen molar-refractivity contribution < 1.29 is 30.5 Å². The number of halogens is 3. The van der Waals surface area contributed by atoms with Crippen molar-refractivity contribution >= 4 is 10.1 Å². The number of hydrogen-bond acceptors (Lipinski definition) is 4. The molecule has 0 heterocycles. The van der Waals surface area contributed by atoms with Gasteiger partial charge in [0.15, 0.2) is 0 Å². The minimum Gasteiger partial charge on any atom is -0.377 e. The van der Waals surface area contributed by atoms with Crippen LogP contribution in [-0.4, -0.2) is 27.1 Å². The third kappa shape index (κ3) is 7.24. The van der Waals surface area contributed by atoms with Crippen LogP contribution in [0.1, 0.15) is 31.2 Å². The van der Waals surface area contributed by atoms with Gasteiger partial charge in [0.25, 0.3) is 0 Å². The molecule has 0 amide bonds. The van der Waals surface area contributed by atoms with Crippen LogP contribution in [0.4, 0.5) is 13.2 Å². The molecular formula is C14H19F3O4S. The predicted octanol–water partition coefficient (Wildman–Crippen LogP) is 3.63. The third-order valence-electron chi connectivity index (χ3n) is 2.82. The van der Waals surface area contributed by atoms with Gasteiger partial charge in [-0.15, -0.1) is 0 Å². The van der Waals surface area contributed by atoms with Crippen molar-refractivity contribution in [3.05, 3.63) is 35.9 Å². The number of rotatable bonds is 10. The zero-order chi connectivity index (χ0) is 16.5. The van der Waals surface area contributed by atoms with Crippen molar-refractivity contribution in [2.24, 2.45) is 0 Å². The van der Waals surface area contributed by atoms with Gasteiger partial charge >= 0.3 is 15.6 Å². The molecule has 0 aliphatic heterocycles. The van der Waals surface area contributed by atoms with E-state index in [4.69, 9.17) is 4.74 Å². The average Bonchev–Trinajstić information content (AvgIpc) is 2.45. The van der Waals surface area contributed by atoms with Gasteiger partial charge in [0.1, 0.15) is 0 Å². The van der Waals surface area contributed by atoms with Crippen LogP contribution in [-0.2, 0) is 25.6 Å². The average molecular weight is 340 g/mol. The summed E-state index contributed by atoms with van der Waals surface area (Å²) in [5.41, 5.74) is -4.27. The second-order valence-electron chi connectivity index (χ2n) is 4.67. The van der Waals surface area contributed by atoms with Crippen molar-refractivity contribution in [2.75, 3.05) is 13.2 Å². The zero-order valence-corrected chi connectivity index (χ0v) is 12.8. The standard InChI is InChI=1S/C14H19F3O4S/c15-14(16,17)22(18,19)21-11-7-2-1-6-10-20-12-13-8-4-3-5-9-13/h3-5,8-9H,1-2,6-7,10-12H2. The molecule has 1 rings (SSSR count). The lowest BCUT2D eigenvalue weighted by atomic mass is 10.2. The zero-order valence-electron chi connectivity index (χ0n) is 12.0. The van der Waals surface area contributed by atoms with Crippen LogP contribution < -0.4 is 0 Å². The van der Waals surface area contributed by atoms with Crippen LogP contribution in [0.2, 0.25) is 0 Å². The normalized spacial score (nSPS) is 12.5. The van der Waals surface area contributed by atoms with E-state index < -0.39 is 22.2 Å². The van der Waals surface area contributed by atoms with Crippen molar-refractivity contribution in [3.8, 4) is 0 Å². The fraction of sp³-hybridized carbons (Fsp3) is 0.571. The Morgan fingerprint density at radius 1 is 0.909 bits per heavy atom. The van der Waals surface area contributed by atoms with Crippen LogP contribution in [0.5, 0.6) is 0 Å². The first-order chi connectivity index (χ1) is 10.3. The Morgan fingerprint density at radius 3 is 2.09 bits per heavy atom. The van der Waals surface area contributed by atoms with Crippen LogP contribution in [0.15, 0.2) is 30.3 Å². The highest BCUT2D eigenvalue weighted by atomic mass is 32.2.